The van der Waals surface area contributed by atoms with Crippen LogP contribution in [0, 0.1) is 19.7 Å². The molecule has 0 fully saturated rings. The number of amides is 1. The van der Waals surface area contributed by atoms with Crippen molar-refractivity contribution in [1.82, 2.24) is 9.55 Å². The Balaban J connectivity index is 1.99. The maximum absolute atomic E-state index is 13.0. The number of hydrogen-bond donors (Lipinski definition) is 2. The second-order valence-electron chi connectivity index (χ2n) is 4.72. The first-order valence-electron chi connectivity index (χ1n) is 6.39. The molecule has 1 aromatic carbocycles. The molecule has 7 heteroatoms. The van der Waals surface area contributed by atoms with Crippen molar-refractivity contribution in [3.63, 3.8) is 0 Å². The zero-order valence-corrected chi connectivity index (χ0v) is 12.4. The maximum atomic E-state index is 13.0. The van der Waals surface area contributed by atoms with Gasteiger partial charge in [-0.1, -0.05) is 11.6 Å². The number of carbonyl (C=O) groups is 1. The molecule has 2 rings (SSSR count). The van der Waals surface area contributed by atoms with Gasteiger partial charge in [0.05, 0.1) is 5.02 Å². The molecule has 0 spiro atoms. The van der Waals surface area contributed by atoms with Crippen LogP contribution in [0.1, 0.15) is 17.8 Å². The van der Waals surface area contributed by atoms with Crippen LogP contribution in [0.4, 0.5) is 10.1 Å². The van der Waals surface area contributed by atoms with Gasteiger partial charge in [-0.05, 0) is 32.0 Å². The Morgan fingerprint density at radius 1 is 1.43 bits per heavy atom. The molecule has 0 radical (unpaired) electrons. The zero-order chi connectivity index (χ0) is 15.6. The molecule has 0 aliphatic carbocycles. The summed E-state index contributed by atoms with van der Waals surface area (Å²) in [7, 11) is 0. The number of anilines is 1. The first-order chi connectivity index (χ1) is 9.88. The molecule has 1 heterocycles. The Bertz CT molecular complexity index is 736. The fourth-order valence-electron chi connectivity index (χ4n) is 1.95. The van der Waals surface area contributed by atoms with Gasteiger partial charge >= 0.3 is 5.69 Å². The van der Waals surface area contributed by atoms with Gasteiger partial charge in [0.25, 0.3) is 0 Å². The second kappa shape index (κ2) is 6.13. The standard InChI is InChI=1S/C14H15ClFN3O2/c1-8-9(2)19(14(21)17-8)6-5-13(20)18-10-3-4-12(16)11(15)7-10/h3-4,7H,5-6H2,1-2H3,(H,17,21)(H,18,20). The first kappa shape index (κ1) is 15.3. The van der Waals surface area contributed by atoms with Gasteiger partial charge in [-0.15, -0.1) is 0 Å². The fraction of sp³-hybridized carbons (Fsp3) is 0.286. The topological polar surface area (TPSA) is 66.9 Å². The highest BCUT2D eigenvalue weighted by atomic mass is 35.5. The SMILES string of the molecule is Cc1[nH]c(=O)n(CCC(=O)Nc2ccc(F)c(Cl)c2)c1C. The number of aromatic amines is 1. The maximum Gasteiger partial charge on any atom is 0.325 e. The van der Waals surface area contributed by atoms with E-state index in [9.17, 15) is 14.0 Å². The van der Waals surface area contributed by atoms with E-state index in [1.54, 1.807) is 6.92 Å². The number of nitrogens with one attached hydrogen (secondary N) is 2. The van der Waals surface area contributed by atoms with Crippen molar-refractivity contribution in [3.8, 4) is 0 Å². The van der Waals surface area contributed by atoms with E-state index in [0.29, 0.717) is 5.69 Å². The minimum atomic E-state index is -0.542. The van der Waals surface area contributed by atoms with Gasteiger partial charge in [-0.3, -0.25) is 9.36 Å². The number of benzene rings is 1. The third kappa shape index (κ3) is 3.52. The average Bonchev–Trinajstić information content (AvgIpc) is 2.66. The minimum absolute atomic E-state index is 0.0545. The number of rotatable bonds is 4. The van der Waals surface area contributed by atoms with Gasteiger partial charge in [0.15, 0.2) is 0 Å². The summed E-state index contributed by atoms with van der Waals surface area (Å²) in [6.07, 6.45) is 0.132. The number of nitrogens with zero attached hydrogens (tertiary/aromatic N) is 1. The number of halogens is 2. The van der Waals surface area contributed by atoms with E-state index in [2.05, 4.69) is 10.3 Å². The van der Waals surface area contributed by atoms with E-state index in [1.165, 1.54) is 22.8 Å². The van der Waals surface area contributed by atoms with Crippen LogP contribution in [0.3, 0.4) is 0 Å². The third-order valence-electron chi connectivity index (χ3n) is 3.25. The van der Waals surface area contributed by atoms with E-state index in [0.717, 1.165) is 11.4 Å². The zero-order valence-electron chi connectivity index (χ0n) is 11.7. The predicted octanol–water partition coefficient (Wildman–Crippen LogP) is 2.61. The van der Waals surface area contributed by atoms with Crippen molar-refractivity contribution in [1.29, 1.82) is 0 Å². The highest BCUT2D eigenvalue weighted by Gasteiger charge is 2.09. The van der Waals surface area contributed by atoms with Crippen molar-refractivity contribution in [2.45, 2.75) is 26.8 Å². The normalized spacial score (nSPS) is 10.7. The summed E-state index contributed by atoms with van der Waals surface area (Å²) in [6.45, 7) is 3.88. The van der Waals surface area contributed by atoms with Crippen LogP contribution in [0.25, 0.3) is 0 Å². The molecule has 1 amide bonds. The molecule has 2 aromatic rings. The van der Waals surface area contributed by atoms with Gasteiger partial charge in [0.1, 0.15) is 5.82 Å². The number of aryl methyl sites for hydroxylation is 1. The van der Waals surface area contributed by atoms with E-state index in [4.69, 9.17) is 11.6 Å². The third-order valence-corrected chi connectivity index (χ3v) is 3.54. The van der Waals surface area contributed by atoms with Crippen LogP contribution in [-0.4, -0.2) is 15.5 Å². The Morgan fingerprint density at radius 3 is 2.71 bits per heavy atom. The van der Waals surface area contributed by atoms with Crippen LogP contribution in [-0.2, 0) is 11.3 Å². The molecule has 2 N–H and O–H groups in total. The Hall–Kier alpha value is -2.08. The summed E-state index contributed by atoms with van der Waals surface area (Å²) < 4.78 is 14.5. The lowest BCUT2D eigenvalue weighted by Crippen LogP contribution is -2.22. The van der Waals surface area contributed by atoms with Gasteiger partial charge in [0, 0.05) is 30.0 Å². The van der Waals surface area contributed by atoms with Crippen molar-refractivity contribution < 1.29 is 9.18 Å². The van der Waals surface area contributed by atoms with Crippen LogP contribution in [0.5, 0.6) is 0 Å². The Kier molecular flexibility index (Phi) is 4.47. The molecule has 0 unspecified atom stereocenters. The monoisotopic (exact) mass is 311 g/mol. The number of hydrogen-bond acceptors (Lipinski definition) is 2. The molecule has 0 bridgehead atoms. The first-order valence-corrected chi connectivity index (χ1v) is 6.77. The summed E-state index contributed by atoms with van der Waals surface area (Å²) in [6, 6.07) is 3.95. The molecule has 1 aromatic heterocycles. The van der Waals surface area contributed by atoms with Crippen LogP contribution < -0.4 is 11.0 Å². The highest BCUT2D eigenvalue weighted by molar-refractivity contribution is 6.31. The fourth-order valence-corrected chi connectivity index (χ4v) is 2.13. The van der Waals surface area contributed by atoms with Crippen LogP contribution in [0.2, 0.25) is 5.02 Å². The smallest absolute Gasteiger partial charge is 0.325 e. The molecule has 0 atom stereocenters. The molecule has 0 aliphatic heterocycles. The van der Waals surface area contributed by atoms with E-state index < -0.39 is 5.82 Å². The summed E-state index contributed by atoms with van der Waals surface area (Å²) in [5.41, 5.74) is 1.77. The average molecular weight is 312 g/mol. The van der Waals surface area contributed by atoms with Crippen LogP contribution in [0.15, 0.2) is 23.0 Å². The summed E-state index contributed by atoms with van der Waals surface area (Å²) >= 11 is 5.64. The van der Waals surface area contributed by atoms with Gasteiger partial charge < -0.3 is 10.3 Å². The van der Waals surface area contributed by atoms with Crippen LogP contribution >= 0.6 is 11.6 Å². The van der Waals surface area contributed by atoms with Crippen molar-refractivity contribution in [3.05, 3.63) is 50.9 Å². The Morgan fingerprint density at radius 2 is 2.14 bits per heavy atom. The summed E-state index contributed by atoms with van der Waals surface area (Å²) in [5, 5.41) is 2.56. The minimum Gasteiger partial charge on any atom is -0.326 e. The molecule has 112 valence electrons. The molecular formula is C14H15ClFN3O2. The van der Waals surface area contributed by atoms with E-state index in [1.807, 2.05) is 6.92 Å². The van der Waals surface area contributed by atoms with Crippen molar-refractivity contribution in [2.75, 3.05) is 5.32 Å². The van der Waals surface area contributed by atoms with E-state index in [-0.39, 0.29) is 29.6 Å². The summed E-state index contributed by atoms with van der Waals surface area (Å²) in [4.78, 5) is 26.1. The lowest BCUT2D eigenvalue weighted by molar-refractivity contribution is -0.116. The molecule has 0 aliphatic rings. The van der Waals surface area contributed by atoms with Gasteiger partial charge in [0.2, 0.25) is 5.91 Å². The number of imidazole rings is 1. The highest BCUT2D eigenvalue weighted by Crippen LogP contribution is 2.19. The Labute approximate surface area is 125 Å². The lowest BCUT2D eigenvalue weighted by atomic mass is 10.3. The van der Waals surface area contributed by atoms with Gasteiger partial charge in [-0.25, -0.2) is 9.18 Å². The number of H-pyrrole nitrogens is 1. The second-order valence-corrected chi connectivity index (χ2v) is 5.13. The molecule has 0 saturated carbocycles. The van der Waals surface area contributed by atoms with E-state index >= 15 is 0 Å². The molecular weight excluding hydrogens is 297 g/mol. The number of carbonyl (C=O) groups excluding carboxylic acids is 1. The largest absolute Gasteiger partial charge is 0.326 e. The number of aromatic nitrogens is 2. The summed E-state index contributed by atoms with van der Waals surface area (Å²) in [5.74, 6) is -0.817. The quantitative estimate of drug-likeness (QED) is 0.911. The molecule has 21 heavy (non-hydrogen) atoms. The van der Waals surface area contributed by atoms with Crippen molar-refractivity contribution >= 4 is 23.2 Å². The predicted molar refractivity (Wildman–Crippen MR) is 79.2 cm³/mol. The van der Waals surface area contributed by atoms with Crippen molar-refractivity contribution in [2.24, 2.45) is 0 Å². The van der Waals surface area contributed by atoms with Gasteiger partial charge in [-0.2, -0.15) is 0 Å². The molecule has 5 nitrogen and oxygen atoms in total. The molecule has 0 saturated heterocycles. The lowest BCUT2D eigenvalue weighted by Gasteiger charge is -2.07.